The first-order chi connectivity index (χ1) is 14.2. The third-order valence-corrected chi connectivity index (χ3v) is 4.53. The van der Waals surface area contributed by atoms with Gasteiger partial charge in [0.05, 0.1) is 6.54 Å². The Kier molecular flexibility index (Phi) is 7.81. The van der Waals surface area contributed by atoms with Crippen molar-refractivity contribution >= 4 is 5.69 Å². The molecule has 0 fully saturated rings. The van der Waals surface area contributed by atoms with E-state index in [1.807, 2.05) is 66.7 Å². The van der Waals surface area contributed by atoms with Crippen molar-refractivity contribution in [2.24, 2.45) is 0 Å². The summed E-state index contributed by atoms with van der Waals surface area (Å²) in [7, 11) is 0. The normalized spacial score (nSPS) is 11.5. The monoisotopic (exact) mass is 391 g/mol. The summed E-state index contributed by atoms with van der Waals surface area (Å²) >= 11 is 0. The second kappa shape index (κ2) is 11.0. The Labute approximate surface area is 173 Å². The Hall–Kier alpha value is -3.14. The van der Waals surface area contributed by atoms with Gasteiger partial charge in [-0.1, -0.05) is 42.8 Å². The molecule has 0 bridgehead atoms. The highest BCUT2D eigenvalue weighted by Crippen LogP contribution is 2.18. The lowest BCUT2D eigenvalue weighted by Gasteiger charge is -2.19. The predicted octanol–water partition coefficient (Wildman–Crippen LogP) is 5.72. The predicted molar refractivity (Wildman–Crippen MR) is 118 cm³/mol. The van der Waals surface area contributed by atoms with E-state index in [1.165, 1.54) is 5.56 Å². The van der Waals surface area contributed by atoms with E-state index in [0.717, 1.165) is 35.9 Å². The van der Waals surface area contributed by atoms with E-state index < -0.39 is 0 Å². The van der Waals surface area contributed by atoms with Crippen LogP contribution in [-0.4, -0.2) is 25.9 Å². The molecule has 0 aliphatic carbocycles. The van der Waals surface area contributed by atoms with Crippen molar-refractivity contribution in [2.75, 3.05) is 25.1 Å². The van der Waals surface area contributed by atoms with Crippen molar-refractivity contribution in [1.82, 2.24) is 0 Å². The molecule has 1 atom stereocenters. The first-order valence-electron chi connectivity index (χ1n) is 10.1. The molecule has 3 rings (SSSR count). The zero-order valence-corrected chi connectivity index (χ0v) is 17.1. The average Bonchev–Trinajstić information content (AvgIpc) is 2.77. The SMILES string of the molecule is CCC(CNc1ccc(OCCOc2ccccc2)cc1)Oc1ccc(C)cc1. The maximum Gasteiger partial charge on any atom is 0.122 e. The fourth-order valence-corrected chi connectivity index (χ4v) is 2.82. The van der Waals surface area contributed by atoms with Crippen LogP contribution >= 0.6 is 0 Å². The highest BCUT2D eigenvalue weighted by atomic mass is 16.5. The summed E-state index contributed by atoms with van der Waals surface area (Å²) in [5, 5.41) is 3.44. The minimum atomic E-state index is 0.115. The first-order valence-corrected chi connectivity index (χ1v) is 10.1. The van der Waals surface area contributed by atoms with Crippen molar-refractivity contribution in [2.45, 2.75) is 26.4 Å². The maximum absolute atomic E-state index is 6.06. The minimum Gasteiger partial charge on any atom is -0.490 e. The van der Waals surface area contributed by atoms with Gasteiger partial charge in [0, 0.05) is 5.69 Å². The van der Waals surface area contributed by atoms with Gasteiger partial charge in [-0.05, 0) is 61.9 Å². The Bertz CT molecular complexity index is 832. The Balaban J connectivity index is 1.39. The van der Waals surface area contributed by atoms with Crippen LogP contribution in [0.5, 0.6) is 17.2 Å². The summed E-state index contributed by atoms with van der Waals surface area (Å²) in [6.45, 7) is 5.97. The molecule has 0 heterocycles. The summed E-state index contributed by atoms with van der Waals surface area (Å²) in [5.41, 5.74) is 2.28. The van der Waals surface area contributed by atoms with E-state index in [-0.39, 0.29) is 6.10 Å². The molecule has 1 N–H and O–H groups in total. The Morgan fingerprint density at radius 2 is 1.31 bits per heavy atom. The number of para-hydroxylation sites is 1. The van der Waals surface area contributed by atoms with E-state index in [1.54, 1.807) is 0 Å². The van der Waals surface area contributed by atoms with Crippen LogP contribution in [0, 0.1) is 6.92 Å². The Morgan fingerprint density at radius 3 is 1.93 bits per heavy atom. The zero-order chi connectivity index (χ0) is 20.3. The lowest BCUT2D eigenvalue weighted by Crippen LogP contribution is -2.25. The van der Waals surface area contributed by atoms with Gasteiger partial charge in [-0.15, -0.1) is 0 Å². The smallest absolute Gasteiger partial charge is 0.122 e. The maximum atomic E-state index is 6.06. The third-order valence-electron chi connectivity index (χ3n) is 4.53. The average molecular weight is 392 g/mol. The summed E-state index contributed by atoms with van der Waals surface area (Å²) in [6.07, 6.45) is 1.05. The summed E-state index contributed by atoms with van der Waals surface area (Å²) in [5.74, 6) is 2.59. The van der Waals surface area contributed by atoms with E-state index >= 15 is 0 Å². The molecule has 4 heteroatoms. The van der Waals surface area contributed by atoms with Crippen molar-refractivity contribution in [1.29, 1.82) is 0 Å². The van der Waals surface area contributed by atoms with E-state index in [4.69, 9.17) is 14.2 Å². The number of aryl methyl sites for hydroxylation is 1. The van der Waals surface area contributed by atoms with Crippen LogP contribution in [0.25, 0.3) is 0 Å². The van der Waals surface area contributed by atoms with Crippen LogP contribution in [0.3, 0.4) is 0 Å². The summed E-state index contributed by atoms with van der Waals surface area (Å²) < 4.78 is 17.4. The number of rotatable bonds is 11. The van der Waals surface area contributed by atoms with Crippen molar-refractivity contribution in [3.63, 3.8) is 0 Å². The topological polar surface area (TPSA) is 39.7 Å². The second-order valence-electron chi connectivity index (χ2n) is 6.88. The number of anilines is 1. The van der Waals surface area contributed by atoms with Gasteiger partial charge in [-0.2, -0.15) is 0 Å². The van der Waals surface area contributed by atoms with Crippen molar-refractivity contribution < 1.29 is 14.2 Å². The molecule has 0 amide bonds. The molecule has 4 nitrogen and oxygen atoms in total. The van der Waals surface area contributed by atoms with Gasteiger partial charge in [-0.3, -0.25) is 0 Å². The molecule has 3 aromatic carbocycles. The van der Waals surface area contributed by atoms with E-state index in [9.17, 15) is 0 Å². The quantitative estimate of drug-likeness (QED) is 0.424. The largest absolute Gasteiger partial charge is 0.490 e. The molecule has 0 aliphatic rings. The minimum absolute atomic E-state index is 0.115. The molecular formula is C25H29NO3. The van der Waals surface area contributed by atoms with E-state index in [2.05, 4.69) is 31.3 Å². The molecule has 3 aromatic rings. The van der Waals surface area contributed by atoms with Gasteiger partial charge in [0.25, 0.3) is 0 Å². The number of hydrogen-bond donors (Lipinski definition) is 1. The first kappa shape index (κ1) is 20.6. The molecule has 0 spiro atoms. The third kappa shape index (κ3) is 7.07. The van der Waals surface area contributed by atoms with Gasteiger partial charge in [-0.25, -0.2) is 0 Å². The van der Waals surface area contributed by atoms with Crippen LogP contribution in [0.15, 0.2) is 78.9 Å². The molecule has 0 saturated heterocycles. The fraction of sp³-hybridized carbons (Fsp3) is 0.280. The molecule has 29 heavy (non-hydrogen) atoms. The molecule has 0 radical (unpaired) electrons. The van der Waals surface area contributed by atoms with Crippen molar-refractivity contribution in [3.8, 4) is 17.2 Å². The molecular weight excluding hydrogens is 362 g/mol. The molecule has 0 aromatic heterocycles. The van der Waals surface area contributed by atoms with E-state index in [0.29, 0.717) is 13.2 Å². The summed E-state index contributed by atoms with van der Waals surface area (Å²) in [4.78, 5) is 0. The van der Waals surface area contributed by atoms with Crippen LogP contribution < -0.4 is 19.5 Å². The van der Waals surface area contributed by atoms with Gasteiger partial charge in [0.2, 0.25) is 0 Å². The lowest BCUT2D eigenvalue weighted by atomic mass is 10.2. The number of benzene rings is 3. The summed E-state index contributed by atoms with van der Waals surface area (Å²) in [6, 6.07) is 25.9. The van der Waals surface area contributed by atoms with Crippen molar-refractivity contribution in [3.05, 3.63) is 84.4 Å². The number of nitrogens with one attached hydrogen (secondary N) is 1. The molecule has 152 valence electrons. The van der Waals surface area contributed by atoms with Gasteiger partial charge < -0.3 is 19.5 Å². The van der Waals surface area contributed by atoms with Crippen LogP contribution in [-0.2, 0) is 0 Å². The number of ether oxygens (including phenoxy) is 3. The van der Waals surface area contributed by atoms with Crippen LogP contribution in [0.2, 0.25) is 0 Å². The standard InChI is InChI=1S/C25H29NO3/c1-3-22(29-25-13-9-20(2)10-14-25)19-26-21-11-15-24(16-12-21)28-18-17-27-23-7-5-4-6-8-23/h4-16,22,26H,3,17-19H2,1-2H3. The molecule has 1 unspecified atom stereocenters. The van der Waals surface area contributed by atoms with Crippen LogP contribution in [0.4, 0.5) is 5.69 Å². The Morgan fingerprint density at radius 1 is 0.724 bits per heavy atom. The highest BCUT2D eigenvalue weighted by molar-refractivity contribution is 5.46. The lowest BCUT2D eigenvalue weighted by molar-refractivity contribution is 0.210. The second-order valence-corrected chi connectivity index (χ2v) is 6.88. The van der Waals surface area contributed by atoms with Gasteiger partial charge in [0.1, 0.15) is 36.6 Å². The fourth-order valence-electron chi connectivity index (χ4n) is 2.82. The van der Waals surface area contributed by atoms with Crippen LogP contribution in [0.1, 0.15) is 18.9 Å². The highest BCUT2D eigenvalue weighted by Gasteiger charge is 2.08. The van der Waals surface area contributed by atoms with Gasteiger partial charge >= 0.3 is 0 Å². The number of hydrogen-bond acceptors (Lipinski definition) is 4. The van der Waals surface area contributed by atoms with Gasteiger partial charge in [0.15, 0.2) is 0 Å². The zero-order valence-electron chi connectivity index (χ0n) is 17.1. The molecule has 0 aliphatic heterocycles. The molecule has 0 saturated carbocycles.